The van der Waals surface area contributed by atoms with Crippen LogP contribution >= 0.6 is 0 Å². The number of methoxy groups -OCH3 is 1. The molecule has 0 N–H and O–H groups in total. The Kier molecular flexibility index (Phi) is 3.62. The van der Waals surface area contributed by atoms with Crippen LogP contribution in [-0.2, 0) is 16.0 Å². The van der Waals surface area contributed by atoms with Crippen molar-refractivity contribution in [2.75, 3.05) is 25.1 Å². The smallest absolute Gasteiger partial charge is 0.184 e. The van der Waals surface area contributed by atoms with Gasteiger partial charge in [0.1, 0.15) is 6.10 Å². The Morgan fingerprint density at radius 2 is 2.15 bits per heavy atom. The number of anilines is 1. The summed E-state index contributed by atoms with van der Waals surface area (Å²) in [7, 11) is 1.62. The maximum atomic E-state index is 12.0. The zero-order chi connectivity index (χ0) is 14.1. The normalized spacial score (nSPS) is 25.6. The first-order valence-corrected chi connectivity index (χ1v) is 7.28. The van der Waals surface area contributed by atoms with Gasteiger partial charge < -0.3 is 9.64 Å². The third-order valence-electron chi connectivity index (χ3n) is 4.36. The summed E-state index contributed by atoms with van der Waals surface area (Å²) in [6.45, 7) is 4.01. The van der Waals surface area contributed by atoms with E-state index >= 15 is 0 Å². The topological polar surface area (TPSA) is 29.5 Å². The summed E-state index contributed by atoms with van der Waals surface area (Å²) in [5.74, 6) is 0.388. The number of benzene rings is 1. The molecule has 0 radical (unpaired) electrons. The second kappa shape index (κ2) is 5.41. The van der Waals surface area contributed by atoms with Gasteiger partial charge in [0, 0.05) is 25.9 Å². The van der Waals surface area contributed by atoms with Gasteiger partial charge in [-0.15, -0.1) is 0 Å². The lowest BCUT2D eigenvalue weighted by atomic mass is 9.86. The van der Waals surface area contributed by atoms with E-state index in [1.807, 2.05) is 0 Å². The average molecular weight is 271 g/mol. The van der Waals surface area contributed by atoms with Gasteiger partial charge in [0.15, 0.2) is 5.78 Å². The van der Waals surface area contributed by atoms with Crippen molar-refractivity contribution in [3.05, 3.63) is 41.5 Å². The third-order valence-corrected chi connectivity index (χ3v) is 4.36. The fraction of sp³-hybridized carbons (Fsp3) is 0.471. The molecule has 0 bridgehead atoms. The summed E-state index contributed by atoms with van der Waals surface area (Å²) in [5.41, 5.74) is 3.97. The average Bonchev–Trinajstić information content (AvgIpc) is 2.82. The van der Waals surface area contributed by atoms with E-state index in [9.17, 15) is 4.79 Å². The largest absolute Gasteiger partial charge is 0.373 e. The molecule has 0 aromatic heterocycles. The maximum absolute atomic E-state index is 12.0. The van der Waals surface area contributed by atoms with Crippen LogP contribution < -0.4 is 4.90 Å². The van der Waals surface area contributed by atoms with E-state index in [0.717, 1.165) is 25.9 Å². The van der Waals surface area contributed by atoms with Crippen LogP contribution in [0.15, 0.2) is 35.9 Å². The Morgan fingerprint density at radius 1 is 1.35 bits per heavy atom. The lowest BCUT2D eigenvalue weighted by Gasteiger charge is -2.29. The number of carbonyl (C=O) groups is 1. The molecule has 1 aromatic carbocycles. The van der Waals surface area contributed by atoms with Crippen molar-refractivity contribution in [3.63, 3.8) is 0 Å². The summed E-state index contributed by atoms with van der Waals surface area (Å²) in [5, 5.41) is 0. The number of nitrogens with zero attached hydrogens (tertiary/aromatic N) is 1. The van der Waals surface area contributed by atoms with E-state index in [-0.39, 0.29) is 17.8 Å². The summed E-state index contributed by atoms with van der Waals surface area (Å²) >= 11 is 0. The van der Waals surface area contributed by atoms with Crippen molar-refractivity contribution in [3.8, 4) is 0 Å². The monoisotopic (exact) mass is 271 g/mol. The zero-order valence-electron chi connectivity index (χ0n) is 12.1. The molecule has 1 aliphatic heterocycles. The number of para-hydroxylation sites is 1. The third kappa shape index (κ3) is 2.38. The SMILES string of the molecule is COC1C(=O)C=C(CN2CCc3ccccc32)CC1C. The number of ketones is 1. The molecule has 20 heavy (non-hydrogen) atoms. The number of rotatable bonds is 3. The zero-order valence-corrected chi connectivity index (χ0v) is 12.1. The second-order valence-corrected chi connectivity index (χ2v) is 5.84. The van der Waals surface area contributed by atoms with Crippen molar-refractivity contribution < 1.29 is 9.53 Å². The van der Waals surface area contributed by atoms with Gasteiger partial charge >= 0.3 is 0 Å². The number of carbonyl (C=O) groups excluding carboxylic acids is 1. The minimum Gasteiger partial charge on any atom is -0.373 e. The van der Waals surface area contributed by atoms with E-state index in [4.69, 9.17) is 4.74 Å². The highest BCUT2D eigenvalue weighted by molar-refractivity contribution is 5.95. The van der Waals surface area contributed by atoms with E-state index in [2.05, 4.69) is 36.1 Å². The minimum absolute atomic E-state index is 0.119. The molecule has 0 saturated carbocycles. The lowest BCUT2D eigenvalue weighted by molar-refractivity contribution is -0.127. The van der Waals surface area contributed by atoms with Crippen LogP contribution in [0.4, 0.5) is 5.69 Å². The molecule has 0 spiro atoms. The molecule has 0 fully saturated rings. The van der Waals surface area contributed by atoms with E-state index in [0.29, 0.717) is 0 Å². The molecule has 1 aliphatic carbocycles. The number of hydrogen-bond donors (Lipinski definition) is 0. The second-order valence-electron chi connectivity index (χ2n) is 5.84. The highest BCUT2D eigenvalue weighted by Gasteiger charge is 2.30. The standard InChI is InChI=1S/C17H21NO2/c1-12-9-13(10-16(19)17(12)20-2)11-18-8-7-14-5-3-4-6-15(14)18/h3-6,10,12,17H,7-9,11H2,1-2H3. The fourth-order valence-electron chi connectivity index (χ4n) is 3.42. The number of hydrogen-bond acceptors (Lipinski definition) is 3. The van der Waals surface area contributed by atoms with Gasteiger partial charge in [0.2, 0.25) is 0 Å². The van der Waals surface area contributed by atoms with Crippen molar-refractivity contribution in [1.82, 2.24) is 0 Å². The molecule has 3 heteroatoms. The molecule has 1 heterocycles. The molecule has 0 saturated heterocycles. The fourth-order valence-corrected chi connectivity index (χ4v) is 3.42. The van der Waals surface area contributed by atoms with E-state index in [1.54, 1.807) is 13.2 Å². The van der Waals surface area contributed by atoms with Crippen molar-refractivity contribution in [2.24, 2.45) is 5.92 Å². The lowest BCUT2D eigenvalue weighted by Crippen LogP contribution is -2.35. The van der Waals surface area contributed by atoms with Crippen LogP contribution in [0.5, 0.6) is 0 Å². The molecule has 2 aliphatic rings. The molecule has 1 aromatic rings. The van der Waals surface area contributed by atoms with Crippen molar-refractivity contribution in [1.29, 1.82) is 0 Å². The first-order valence-electron chi connectivity index (χ1n) is 7.28. The Bertz CT molecular complexity index is 550. The molecule has 106 valence electrons. The quantitative estimate of drug-likeness (QED) is 0.846. The molecular weight excluding hydrogens is 250 g/mol. The van der Waals surface area contributed by atoms with Crippen LogP contribution in [0.2, 0.25) is 0 Å². The molecule has 3 rings (SSSR count). The van der Waals surface area contributed by atoms with Gasteiger partial charge in [-0.3, -0.25) is 4.79 Å². The summed E-state index contributed by atoms with van der Waals surface area (Å²) in [6.07, 6.45) is 3.59. The predicted octanol–water partition coefficient (Wildman–Crippen LogP) is 2.60. The Balaban J connectivity index is 1.75. The Hall–Kier alpha value is -1.61. The van der Waals surface area contributed by atoms with E-state index in [1.165, 1.54) is 16.8 Å². The predicted molar refractivity (Wildman–Crippen MR) is 80.0 cm³/mol. The molecule has 2 atom stereocenters. The first-order chi connectivity index (χ1) is 9.69. The minimum atomic E-state index is -0.260. The highest BCUT2D eigenvalue weighted by Crippen LogP contribution is 2.31. The van der Waals surface area contributed by atoms with Gasteiger partial charge in [-0.2, -0.15) is 0 Å². The Labute approximate surface area is 120 Å². The maximum Gasteiger partial charge on any atom is 0.184 e. The molecule has 0 amide bonds. The van der Waals surface area contributed by atoms with Gasteiger partial charge in [0.25, 0.3) is 0 Å². The van der Waals surface area contributed by atoms with Crippen LogP contribution in [0.3, 0.4) is 0 Å². The van der Waals surface area contributed by atoms with Gasteiger partial charge in [-0.1, -0.05) is 25.1 Å². The van der Waals surface area contributed by atoms with Crippen LogP contribution in [0, 0.1) is 5.92 Å². The molecular formula is C17H21NO2. The number of fused-ring (bicyclic) bond motifs is 1. The molecule has 2 unspecified atom stereocenters. The number of ether oxygens (including phenoxy) is 1. The van der Waals surface area contributed by atoms with Gasteiger partial charge in [-0.25, -0.2) is 0 Å². The Morgan fingerprint density at radius 3 is 2.90 bits per heavy atom. The molecule has 3 nitrogen and oxygen atoms in total. The van der Waals surface area contributed by atoms with Crippen LogP contribution in [-0.4, -0.2) is 32.1 Å². The van der Waals surface area contributed by atoms with Crippen LogP contribution in [0.1, 0.15) is 18.9 Å². The summed E-state index contributed by atoms with van der Waals surface area (Å²) < 4.78 is 5.28. The van der Waals surface area contributed by atoms with Gasteiger partial charge in [0.05, 0.1) is 0 Å². The van der Waals surface area contributed by atoms with E-state index < -0.39 is 0 Å². The van der Waals surface area contributed by atoms with Crippen molar-refractivity contribution in [2.45, 2.75) is 25.9 Å². The highest BCUT2D eigenvalue weighted by atomic mass is 16.5. The van der Waals surface area contributed by atoms with Crippen LogP contribution in [0.25, 0.3) is 0 Å². The van der Waals surface area contributed by atoms with Gasteiger partial charge in [-0.05, 0) is 42.0 Å². The first kappa shape index (κ1) is 13.4. The van der Waals surface area contributed by atoms with Crippen molar-refractivity contribution >= 4 is 11.5 Å². The summed E-state index contributed by atoms with van der Waals surface area (Å²) in [4.78, 5) is 14.4. The summed E-state index contributed by atoms with van der Waals surface area (Å²) in [6, 6.07) is 8.55.